The topological polar surface area (TPSA) is 101 Å². The lowest BCUT2D eigenvalue weighted by atomic mass is 10.1. The van der Waals surface area contributed by atoms with Gasteiger partial charge in [-0.2, -0.15) is 13.2 Å². The number of hydrogen-bond acceptors (Lipinski definition) is 5. The second-order valence-corrected chi connectivity index (χ2v) is 7.93. The van der Waals surface area contributed by atoms with Crippen molar-refractivity contribution in [3.63, 3.8) is 0 Å². The number of aromatic amines is 1. The van der Waals surface area contributed by atoms with Gasteiger partial charge in [0.2, 0.25) is 15.9 Å². The standard InChI is InChI=1S/C17H17F3N4O3S/c1-9-14(16-24-23-11(3)27-16)15(10(2)22-9)28(25,26)21-8-12-4-6-13(7-5-12)17(18,19)20/h4-7,21-22H,8H2,1-3H3. The summed E-state index contributed by atoms with van der Waals surface area (Å²) in [5.41, 5.74) is 0.763. The molecular weight excluding hydrogens is 397 g/mol. The van der Waals surface area contributed by atoms with E-state index in [1.54, 1.807) is 20.8 Å². The number of alkyl halides is 3. The number of halogens is 3. The molecule has 3 aromatic rings. The maximum absolute atomic E-state index is 12.9. The fourth-order valence-corrected chi connectivity index (χ4v) is 4.28. The first-order chi connectivity index (χ1) is 13.0. The summed E-state index contributed by atoms with van der Waals surface area (Å²) >= 11 is 0. The van der Waals surface area contributed by atoms with Crippen molar-refractivity contribution in [1.82, 2.24) is 19.9 Å². The molecule has 2 N–H and O–H groups in total. The Morgan fingerprint density at radius 1 is 1.07 bits per heavy atom. The van der Waals surface area contributed by atoms with E-state index in [9.17, 15) is 21.6 Å². The number of nitrogens with one attached hydrogen (secondary N) is 2. The lowest BCUT2D eigenvalue weighted by Gasteiger charge is -2.10. The van der Waals surface area contributed by atoms with Gasteiger partial charge in [0.1, 0.15) is 4.90 Å². The highest BCUT2D eigenvalue weighted by atomic mass is 32.2. The highest BCUT2D eigenvalue weighted by Crippen LogP contribution is 2.33. The van der Waals surface area contributed by atoms with Crippen molar-refractivity contribution >= 4 is 10.0 Å². The van der Waals surface area contributed by atoms with Crippen molar-refractivity contribution < 1.29 is 26.0 Å². The molecule has 0 saturated heterocycles. The molecule has 28 heavy (non-hydrogen) atoms. The zero-order chi connectivity index (χ0) is 20.7. The maximum atomic E-state index is 12.9. The molecule has 0 fully saturated rings. The summed E-state index contributed by atoms with van der Waals surface area (Å²) in [5, 5.41) is 7.60. The van der Waals surface area contributed by atoms with E-state index in [-0.39, 0.29) is 28.8 Å². The third-order valence-electron chi connectivity index (χ3n) is 4.07. The van der Waals surface area contributed by atoms with Crippen LogP contribution in [0.25, 0.3) is 11.5 Å². The van der Waals surface area contributed by atoms with Gasteiger partial charge in [-0.25, -0.2) is 13.1 Å². The lowest BCUT2D eigenvalue weighted by molar-refractivity contribution is -0.137. The predicted octanol–water partition coefficient (Wildman–Crippen LogP) is 3.49. The first-order valence-electron chi connectivity index (χ1n) is 8.14. The molecule has 7 nitrogen and oxygen atoms in total. The van der Waals surface area contributed by atoms with Gasteiger partial charge in [0.25, 0.3) is 5.89 Å². The van der Waals surface area contributed by atoms with Crippen LogP contribution in [0.1, 0.15) is 28.4 Å². The zero-order valence-electron chi connectivity index (χ0n) is 15.2. The van der Waals surface area contributed by atoms with E-state index < -0.39 is 21.8 Å². The van der Waals surface area contributed by atoms with Crippen LogP contribution in [-0.2, 0) is 22.7 Å². The van der Waals surface area contributed by atoms with E-state index in [1.165, 1.54) is 12.1 Å². The number of nitrogens with zero attached hydrogens (tertiary/aromatic N) is 2. The minimum atomic E-state index is -4.45. The highest BCUT2D eigenvalue weighted by Gasteiger charge is 2.31. The molecule has 2 heterocycles. The number of hydrogen-bond donors (Lipinski definition) is 2. The number of aryl methyl sites for hydroxylation is 3. The van der Waals surface area contributed by atoms with Crippen LogP contribution in [0.5, 0.6) is 0 Å². The lowest BCUT2D eigenvalue weighted by Crippen LogP contribution is -2.24. The largest absolute Gasteiger partial charge is 0.421 e. The minimum Gasteiger partial charge on any atom is -0.421 e. The molecule has 0 aliphatic heterocycles. The van der Waals surface area contributed by atoms with Crippen molar-refractivity contribution in [2.75, 3.05) is 0 Å². The fourth-order valence-electron chi connectivity index (χ4n) is 2.81. The molecule has 0 radical (unpaired) electrons. The summed E-state index contributed by atoms with van der Waals surface area (Å²) in [7, 11) is -4.01. The summed E-state index contributed by atoms with van der Waals surface area (Å²) in [6, 6.07) is 4.26. The molecule has 150 valence electrons. The van der Waals surface area contributed by atoms with Crippen LogP contribution in [0.4, 0.5) is 13.2 Å². The van der Waals surface area contributed by atoms with E-state index in [1.807, 2.05) is 0 Å². The average molecular weight is 414 g/mol. The molecule has 11 heteroatoms. The molecule has 0 atom stereocenters. The molecular formula is C17H17F3N4O3S. The maximum Gasteiger partial charge on any atom is 0.416 e. The van der Waals surface area contributed by atoms with E-state index >= 15 is 0 Å². The number of benzene rings is 1. The van der Waals surface area contributed by atoms with Gasteiger partial charge in [-0.05, 0) is 31.5 Å². The molecule has 0 aliphatic carbocycles. The van der Waals surface area contributed by atoms with E-state index in [0.717, 1.165) is 12.1 Å². The summed E-state index contributed by atoms with van der Waals surface area (Å²) < 4.78 is 71.4. The first kappa shape index (κ1) is 20.1. The quantitative estimate of drug-likeness (QED) is 0.666. The Labute approximate surface area is 159 Å². The Hall–Kier alpha value is -2.66. The fraction of sp³-hybridized carbons (Fsp3) is 0.294. The molecule has 3 rings (SSSR count). The normalized spacial score (nSPS) is 12.5. The zero-order valence-corrected chi connectivity index (χ0v) is 16.0. The van der Waals surface area contributed by atoms with Gasteiger partial charge in [0, 0.05) is 24.9 Å². The predicted molar refractivity (Wildman–Crippen MR) is 93.8 cm³/mol. The van der Waals surface area contributed by atoms with Crippen LogP contribution in [0, 0.1) is 20.8 Å². The van der Waals surface area contributed by atoms with Crippen molar-refractivity contribution in [2.45, 2.75) is 38.4 Å². The molecule has 0 unspecified atom stereocenters. The highest BCUT2D eigenvalue weighted by molar-refractivity contribution is 7.89. The number of sulfonamides is 1. The molecule has 0 saturated carbocycles. The molecule has 1 aromatic carbocycles. The van der Waals surface area contributed by atoms with E-state index in [2.05, 4.69) is 19.9 Å². The Bertz CT molecular complexity index is 1100. The Kier molecular flexibility index (Phi) is 5.06. The van der Waals surface area contributed by atoms with E-state index in [0.29, 0.717) is 17.0 Å². The Balaban J connectivity index is 1.88. The van der Waals surface area contributed by atoms with Gasteiger partial charge in [0.15, 0.2) is 0 Å². The minimum absolute atomic E-state index is 0.0411. The van der Waals surface area contributed by atoms with Crippen molar-refractivity contribution in [2.24, 2.45) is 0 Å². The second kappa shape index (κ2) is 7.06. The number of rotatable bonds is 5. The van der Waals surface area contributed by atoms with Gasteiger partial charge in [-0.3, -0.25) is 0 Å². The molecule has 0 spiro atoms. The summed E-state index contributed by atoms with van der Waals surface area (Å²) in [6.45, 7) is 4.68. The van der Waals surface area contributed by atoms with Crippen LogP contribution in [0.15, 0.2) is 33.6 Å². The van der Waals surface area contributed by atoms with Crippen molar-refractivity contribution in [3.8, 4) is 11.5 Å². The number of aromatic nitrogens is 3. The van der Waals surface area contributed by atoms with Crippen LogP contribution in [0.2, 0.25) is 0 Å². The summed E-state index contributed by atoms with van der Waals surface area (Å²) in [6.07, 6.45) is -4.45. The third kappa shape index (κ3) is 3.94. The summed E-state index contributed by atoms with van der Waals surface area (Å²) in [4.78, 5) is 2.90. The van der Waals surface area contributed by atoms with Crippen molar-refractivity contribution in [3.05, 3.63) is 52.7 Å². The Morgan fingerprint density at radius 2 is 1.71 bits per heavy atom. The van der Waals surface area contributed by atoms with Gasteiger partial charge in [-0.15, -0.1) is 10.2 Å². The van der Waals surface area contributed by atoms with Crippen LogP contribution in [0.3, 0.4) is 0 Å². The number of H-pyrrole nitrogens is 1. The smallest absolute Gasteiger partial charge is 0.416 e. The third-order valence-corrected chi connectivity index (χ3v) is 5.65. The molecule has 0 amide bonds. The molecule has 0 bridgehead atoms. The van der Waals surface area contributed by atoms with Gasteiger partial charge >= 0.3 is 6.18 Å². The molecule has 2 aromatic heterocycles. The van der Waals surface area contributed by atoms with Gasteiger partial charge < -0.3 is 9.40 Å². The van der Waals surface area contributed by atoms with Crippen molar-refractivity contribution in [1.29, 1.82) is 0 Å². The van der Waals surface area contributed by atoms with Crippen LogP contribution < -0.4 is 4.72 Å². The van der Waals surface area contributed by atoms with Gasteiger partial charge in [-0.1, -0.05) is 12.1 Å². The SMILES string of the molecule is Cc1nnc(-c2c(C)[nH]c(C)c2S(=O)(=O)NCc2ccc(C(F)(F)F)cc2)o1. The van der Waals surface area contributed by atoms with Crippen LogP contribution in [-0.4, -0.2) is 23.6 Å². The summed E-state index contributed by atoms with van der Waals surface area (Å²) in [5.74, 6) is 0.351. The average Bonchev–Trinajstić information content (AvgIpc) is 3.15. The Morgan fingerprint density at radius 3 is 2.25 bits per heavy atom. The first-order valence-corrected chi connectivity index (χ1v) is 9.63. The van der Waals surface area contributed by atoms with E-state index in [4.69, 9.17) is 4.42 Å². The van der Waals surface area contributed by atoms with Gasteiger partial charge in [0.05, 0.1) is 11.1 Å². The van der Waals surface area contributed by atoms with Crippen LogP contribution >= 0.6 is 0 Å². The second-order valence-electron chi connectivity index (χ2n) is 6.22. The monoisotopic (exact) mass is 414 g/mol. The molecule has 0 aliphatic rings.